The minimum absolute atomic E-state index is 0.347. The Kier molecular flexibility index (Phi) is 3.25. The molecule has 1 heterocycles. The van der Waals surface area contributed by atoms with Crippen LogP contribution in [0.2, 0.25) is 0 Å². The summed E-state index contributed by atoms with van der Waals surface area (Å²) in [5, 5.41) is 13.4. The van der Waals surface area contributed by atoms with Crippen molar-refractivity contribution in [1.29, 1.82) is 0 Å². The van der Waals surface area contributed by atoms with Crippen molar-refractivity contribution in [2.75, 3.05) is 13.7 Å². The monoisotopic (exact) mass is 170 g/mol. The van der Waals surface area contributed by atoms with Crippen molar-refractivity contribution >= 4 is 0 Å². The first-order valence-corrected chi connectivity index (χ1v) is 3.89. The highest BCUT2D eigenvalue weighted by atomic mass is 16.5. The summed E-state index contributed by atoms with van der Waals surface area (Å²) in [6.07, 6.45) is 1.24. The number of aliphatic hydroxyl groups excluding tert-OH is 1. The first-order valence-electron chi connectivity index (χ1n) is 3.89. The quantitative estimate of drug-likeness (QED) is 0.702. The van der Waals surface area contributed by atoms with E-state index in [4.69, 9.17) is 4.74 Å². The standard InChI is InChI=1S/C8H14N2O2/c1-7-3-4-9-10(7)5-8(11)6-12-2/h3-4,8,11H,5-6H2,1-2H3. The lowest BCUT2D eigenvalue weighted by atomic mass is 10.3. The Morgan fingerprint density at radius 2 is 2.50 bits per heavy atom. The Bertz CT molecular complexity index is 235. The zero-order valence-electron chi connectivity index (χ0n) is 7.40. The van der Waals surface area contributed by atoms with Gasteiger partial charge in [0.25, 0.3) is 0 Å². The second-order valence-electron chi connectivity index (χ2n) is 2.76. The van der Waals surface area contributed by atoms with E-state index >= 15 is 0 Å². The van der Waals surface area contributed by atoms with Crippen molar-refractivity contribution in [3.8, 4) is 0 Å². The number of methoxy groups -OCH3 is 1. The molecule has 0 aliphatic heterocycles. The fraction of sp³-hybridized carbons (Fsp3) is 0.625. The van der Waals surface area contributed by atoms with Crippen LogP contribution in [0.25, 0.3) is 0 Å². The van der Waals surface area contributed by atoms with Gasteiger partial charge in [-0.15, -0.1) is 0 Å². The van der Waals surface area contributed by atoms with Crippen LogP contribution >= 0.6 is 0 Å². The van der Waals surface area contributed by atoms with E-state index in [0.717, 1.165) is 5.69 Å². The van der Waals surface area contributed by atoms with Crippen LogP contribution < -0.4 is 0 Å². The zero-order chi connectivity index (χ0) is 8.97. The Balaban J connectivity index is 2.46. The lowest BCUT2D eigenvalue weighted by molar-refractivity contribution is 0.0510. The van der Waals surface area contributed by atoms with Gasteiger partial charge in [-0.1, -0.05) is 0 Å². The van der Waals surface area contributed by atoms with Gasteiger partial charge < -0.3 is 9.84 Å². The third-order valence-corrected chi connectivity index (χ3v) is 1.67. The molecule has 1 rings (SSSR count). The molecule has 0 aromatic carbocycles. The third-order valence-electron chi connectivity index (χ3n) is 1.67. The van der Waals surface area contributed by atoms with Gasteiger partial charge in [0.05, 0.1) is 19.3 Å². The van der Waals surface area contributed by atoms with E-state index in [-0.39, 0.29) is 0 Å². The van der Waals surface area contributed by atoms with Crippen LogP contribution in [0.1, 0.15) is 5.69 Å². The van der Waals surface area contributed by atoms with Crippen LogP contribution in [0.15, 0.2) is 12.3 Å². The third kappa shape index (κ3) is 2.32. The second kappa shape index (κ2) is 4.23. The molecule has 1 unspecified atom stereocenters. The van der Waals surface area contributed by atoms with Gasteiger partial charge in [0.2, 0.25) is 0 Å². The lowest BCUT2D eigenvalue weighted by Gasteiger charge is -2.10. The normalized spacial score (nSPS) is 13.2. The molecule has 4 nitrogen and oxygen atoms in total. The molecule has 0 saturated carbocycles. The fourth-order valence-corrected chi connectivity index (χ4v) is 1.03. The van der Waals surface area contributed by atoms with Crippen LogP contribution in [0.5, 0.6) is 0 Å². The van der Waals surface area contributed by atoms with E-state index in [9.17, 15) is 5.11 Å². The summed E-state index contributed by atoms with van der Waals surface area (Å²) in [6.45, 7) is 2.79. The van der Waals surface area contributed by atoms with Crippen molar-refractivity contribution in [2.45, 2.75) is 19.6 Å². The molecule has 0 aliphatic carbocycles. The van der Waals surface area contributed by atoms with Crippen LogP contribution in [0, 0.1) is 6.92 Å². The van der Waals surface area contributed by atoms with Gasteiger partial charge in [-0.25, -0.2) is 0 Å². The molecule has 0 bridgehead atoms. The van der Waals surface area contributed by atoms with Gasteiger partial charge in [0.15, 0.2) is 0 Å². The molecule has 0 spiro atoms. The average molecular weight is 170 g/mol. The molecule has 1 aromatic rings. The topological polar surface area (TPSA) is 47.3 Å². The molecular formula is C8H14N2O2. The first kappa shape index (κ1) is 9.22. The predicted molar refractivity (Wildman–Crippen MR) is 44.8 cm³/mol. The number of nitrogens with zero attached hydrogens (tertiary/aromatic N) is 2. The molecule has 0 aliphatic rings. The summed E-state index contributed by atoms with van der Waals surface area (Å²) in [6, 6.07) is 1.90. The fourth-order valence-electron chi connectivity index (χ4n) is 1.03. The molecule has 0 radical (unpaired) electrons. The summed E-state index contributed by atoms with van der Waals surface area (Å²) in [5.74, 6) is 0. The summed E-state index contributed by atoms with van der Waals surface area (Å²) >= 11 is 0. The Hall–Kier alpha value is -0.870. The second-order valence-corrected chi connectivity index (χ2v) is 2.76. The highest BCUT2D eigenvalue weighted by molar-refractivity contribution is 4.96. The Labute approximate surface area is 71.8 Å². The highest BCUT2D eigenvalue weighted by Gasteiger charge is 2.05. The molecule has 0 amide bonds. The van der Waals surface area contributed by atoms with Crippen molar-refractivity contribution in [3.63, 3.8) is 0 Å². The predicted octanol–water partition coefficient (Wildman–Crippen LogP) is 0.199. The SMILES string of the molecule is COCC(O)Cn1nccc1C. The minimum atomic E-state index is -0.478. The van der Waals surface area contributed by atoms with Crippen LogP contribution in [0.3, 0.4) is 0 Å². The van der Waals surface area contributed by atoms with E-state index in [2.05, 4.69) is 5.10 Å². The number of aryl methyl sites for hydroxylation is 1. The van der Waals surface area contributed by atoms with Crippen LogP contribution in [0.4, 0.5) is 0 Å². The summed E-state index contributed by atoms with van der Waals surface area (Å²) in [5.41, 5.74) is 1.05. The largest absolute Gasteiger partial charge is 0.389 e. The minimum Gasteiger partial charge on any atom is -0.389 e. The Morgan fingerprint density at radius 3 is 3.00 bits per heavy atom. The maximum absolute atomic E-state index is 9.36. The van der Waals surface area contributed by atoms with E-state index in [1.165, 1.54) is 0 Å². The summed E-state index contributed by atoms with van der Waals surface area (Å²) < 4.78 is 6.55. The number of hydrogen-bond donors (Lipinski definition) is 1. The molecule has 12 heavy (non-hydrogen) atoms. The first-order chi connectivity index (χ1) is 5.74. The summed E-state index contributed by atoms with van der Waals surface area (Å²) in [7, 11) is 1.57. The Morgan fingerprint density at radius 1 is 1.75 bits per heavy atom. The number of hydrogen-bond acceptors (Lipinski definition) is 3. The van der Waals surface area contributed by atoms with Gasteiger partial charge in [0, 0.05) is 19.0 Å². The zero-order valence-corrected chi connectivity index (χ0v) is 7.40. The molecule has 4 heteroatoms. The van der Waals surface area contributed by atoms with E-state index < -0.39 is 6.10 Å². The molecular weight excluding hydrogens is 156 g/mol. The van der Waals surface area contributed by atoms with Crippen molar-refractivity contribution in [3.05, 3.63) is 18.0 Å². The van der Waals surface area contributed by atoms with Gasteiger partial charge in [-0.3, -0.25) is 4.68 Å². The number of aliphatic hydroxyl groups is 1. The molecule has 68 valence electrons. The van der Waals surface area contributed by atoms with E-state index in [1.54, 1.807) is 18.0 Å². The maximum Gasteiger partial charge on any atom is 0.0968 e. The average Bonchev–Trinajstić information content (AvgIpc) is 2.37. The van der Waals surface area contributed by atoms with Crippen molar-refractivity contribution in [1.82, 2.24) is 9.78 Å². The van der Waals surface area contributed by atoms with Crippen LogP contribution in [-0.2, 0) is 11.3 Å². The molecule has 0 saturated heterocycles. The van der Waals surface area contributed by atoms with Crippen LogP contribution in [-0.4, -0.2) is 34.7 Å². The maximum atomic E-state index is 9.36. The van der Waals surface area contributed by atoms with Crippen molar-refractivity contribution in [2.24, 2.45) is 0 Å². The number of aromatic nitrogens is 2. The lowest BCUT2D eigenvalue weighted by Crippen LogP contribution is -2.22. The van der Waals surface area contributed by atoms with Gasteiger partial charge >= 0.3 is 0 Å². The van der Waals surface area contributed by atoms with Gasteiger partial charge in [-0.2, -0.15) is 5.10 Å². The molecule has 0 fully saturated rings. The highest BCUT2D eigenvalue weighted by Crippen LogP contribution is 1.98. The van der Waals surface area contributed by atoms with E-state index in [1.807, 2.05) is 13.0 Å². The number of ether oxygens (including phenoxy) is 1. The number of rotatable bonds is 4. The van der Waals surface area contributed by atoms with Gasteiger partial charge in [0.1, 0.15) is 0 Å². The smallest absolute Gasteiger partial charge is 0.0968 e. The molecule has 1 N–H and O–H groups in total. The molecule has 1 atom stereocenters. The molecule has 1 aromatic heterocycles. The van der Waals surface area contributed by atoms with Crippen molar-refractivity contribution < 1.29 is 9.84 Å². The van der Waals surface area contributed by atoms with Gasteiger partial charge in [-0.05, 0) is 13.0 Å². The van der Waals surface area contributed by atoms with E-state index in [0.29, 0.717) is 13.2 Å². The summed E-state index contributed by atoms with van der Waals surface area (Å²) in [4.78, 5) is 0.